The summed E-state index contributed by atoms with van der Waals surface area (Å²) >= 11 is 0. The first-order valence-electron chi connectivity index (χ1n) is 11.0. The van der Waals surface area contributed by atoms with Crippen LogP contribution in [0.1, 0.15) is 31.0 Å². The number of phenolic OH excluding ortho intramolecular Hbond substituents is 1. The Balaban J connectivity index is 2.03. The number of ether oxygens (including phenoxy) is 1. The van der Waals surface area contributed by atoms with E-state index in [2.05, 4.69) is 11.5 Å². The van der Waals surface area contributed by atoms with Crippen LogP contribution >= 0.6 is 0 Å². The number of phenols is 1. The van der Waals surface area contributed by atoms with Crippen LogP contribution < -0.4 is 4.74 Å². The number of aliphatic hydroxyl groups is 1. The molecule has 1 fully saturated rings. The molecular weight excluding hydrogens is 420 g/mol. The van der Waals surface area contributed by atoms with E-state index in [1.807, 2.05) is 13.8 Å². The Morgan fingerprint density at radius 3 is 2.30 bits per heavy atom. The lowest BCUT2D eigenvalue weighted by Gasteiger charge is -2.28. The number of hydrogen-bond acceptors (Lipinski definition) is 6. The van der Waals surface area contributed by atoms with Gasteiger partial charge < -0.3 is 24.7 Å². The van der Waals surface area contributed by atoms with Gasteiger partial charge in [0.05, 0.1) is 11.6 Å². The van der Waals surface area contributed by atoms with Gasteiger partial charge in [0.15, 0.2) is 0 Å². The summed E-state index contributed by atoms with van der Waals surface area (Å²) in [7, 11) is 0. The van der Waals surface area contributed by atoms with Crippen LogP contribution in [0.2, 0.25) is 0 Å². The van der Waals surface area contributed by atoms with Crippen molar-refractivity contribution in [2.75, 3.05) is 32.8 Å². The van der Waals surface area contributed by atoms with Gasteiger partial charge >= 0.3 is 0 Å². The van der Waals surface area contributed by atoms with Gasteiger partial charge in [0.25, 0.3) is 11.7 Å². The highest BCUT2D eigenvalue weighted by Gasteiger charge is 2.45. The molecule has 33 heavy (non-hydrogen) atoms. The highest BCUT2D eigenvalue weighted by atomic mass is 16.5. The molecule has 0 aromatic heterocycles. The maximum atomic E-state index is 13.1. The van der Waals surface area contributed by atoms with Gasteiger partial charge in [-0.3, -0.25) is 9.59 Å². The van der Waals surface area contributed by atoms with E-state index < -0.39 is 17.7 Å². The molecule has 2 N–H and O–H groups in total. The van der Waals surface area contributed by atoms with Crippen LogP contribution in [0.4, 0.5) is 0 Å². The van der Waals surface area contributed by atoms with Gasteiger partial charge in [-0.1, -0.05) is 38.6 Å². The van der Waals surface area contributed by atoms with Crippen molar-refractivity contribution in [3.63, 3.8) is 0 Å². The van der Waals surface area contributed by atoms with E-state index in [-0.39, 0.29) is 17.1 Å². The zero-order valence-corrected chi connectivity index (χ0v) is 19.0. The average molecular weight is 451 g/mol. The average Bonchev–Trinajstić information content (AvgIpc) is 3.08. The first-order chi connectivity index (χ1) is 15.9. The number of aromatic hydroxyl groups is 1. The Labute approximate surface area is 194 Å². The number of rotatable bonds is 10. The van der Waals surface area contributed by atoms with Crippen molar-refractivity contribution in [1.82, 2.24) is 9.80 Å². The first kappa shape index (κ1) is 24.1. The number of likely N-dealkylation sites (tertiary alicyclic amines) is 1. The predicted octanol–water partition coefficient (Wildman–Crippen LogP) is 3.72. The molecule has 7 nitrogen and oxygen atoms in total. The lowest BCUT2D eigenvalue weighted by molar-refractivity contribution is -0.140. The second-order valence-electron chi connectivity index (χ2n) is 7.73. The summed E-state index contributed by atoms with van der Waals surface area (Å²) in [5, 5.41) is 20.8. The Kier molecular flexibility index (Phi) is 7.90. The third-order valence-electron chi connectivity index (χ3n) is 5.80. The Bertz CT molecular complexity index is 1020. The summed E-state index contributed by atoms with van der Waals surface area (Å²) in [6, 6.07) is 12.2. The zero-order valence-electron chi connectivity index (χ0n) is 19.0. The molecule has 0 aliphatic carbocycles. The molecule has 1 amide bonds. The number of carbonyl (C=O) groups excluding carboxylic acids is 2. The third-order valence-corrected chi connectivity index (χ3v) is 5.80. The number of Topliss-reactive ketones (excluding diaryl/α,β-unsaturated/α-hetero) is 1. The number of amides is 1. The fourth-order valence-corrected chi connectivity index (χ4v) is 3.92. The van der Waals surface area contributed by atoms with E-state index in [1.165, 1.54) is 17.0 Å². The van der Waals surface area contributed by atoms with Crippen LogP contribution in [0.3, 0.4) is 0 Å². The van der Waals surface area contributed by atoms with Crippen molar-refractivity contribution < 1.29 is 24.5 Å². The smallest absolute Gasteiger partial charge is 0.295 e. The lowest BCUT2D eigenvalue weighted by Crippen LogP contribution is -2.38. The SMILES string of the molecule is C=CCOc1ccc(/C(O)=C2/C(=O)C(=O)N(CCN(CC)CC)C2c2ccc(O)cc2)cc1. The van der Waals surface area contributed by atoms with Gasteiger partial charge in [0.1, 0.15) is 23.9 Å². The summed E-state index contributed by atoms with van der Waals surface area (Å²) in [5.74, 6) is -0.938. The van der Waals surface area contributed by atoms with Crippen molar-refractivity contribution in [2.24, 2.45) is 0 Å². The molecule has 1 unspecified atom stereocenters. The molecule has 0 radical (unpaired) electrons. The van der Waals surface area contributed by atoms with Gasteiger partial charge in [-0.25, -0.2) is 0 Å². The molecule has 1 atom stereocenters. The van der Waals surface area contributed by atoms with Gasteiger partial charge in [0.2, 0.25) is 0 Å². The first-order valence-corrected chi connectivity index (χ1v) is 11.0. The maximum absolute atomic E-state index is 13.1. The Hall–Kier alpha value is -3.58. The minimum atomic E-state index is -0.752. The summed E-state index contributed by atoms with van der Waals surface area (Å²) in [4.78, 5) is 29.7. The largest absolute Gasteiger partial charge is 0.508 e. The molecule has 0 bridgehead atoms. The zero-order chi connectivity index (χ0) is 24.0. The minimum absolute atomic E-state index is 0.0324. The highest BCUT2D eigenvalue weighted by Crippen LogP contribution is 2.39. The Morgan fingerprint density at radius 1 is 1.09 bits per heavy atom. The molecule has 174 valence electrons. The molecular formula is C26H30N2O5. The van der Waals surface area contributed by atoms with Crippen LogP contribution in [0.5, 0.6) is 11.5 Å². The second-order valence-corrected chi connectivity index (χ2v) is 7.73. The van der Waals surface area contributed by atoms with Crippen LogP contribution in [-0.4, -0.2) is 64.5 Å². The molecule has 3 rings (SSSR count). The number of aliphatic hydroxyl groups excluding tert-OH is 1. The van der Waals surface area contributed by atoms with E-state index in [9.17, 15) is 19.8 Å². The van der Waals surface area contributed by atoms with E-state index in [0.717, 1.165) is 13.1 Å². The maximum Gasteiger partial charge on any atom is 0.295 e. The van der Waals surface area contributed by atoms with Gasteiger partial charge in [0, 0.05) is 18.7 Å². The molecule has 2 aromatic rings. The Morgan fingerprint density at radius 2 is 1.73 bits per heavy atom. The van der Waals surface area contributed by atoms with Crippen LogP contribution in [0.15, 0.2) is 66.8 Å². The highest BCUT2D eigenvalue weighted by molar-refractivity contribution is 6.46. The van der Waals surface area contributed by atoms with Crippen LogP contribution in [0, 0.1) is 0 Å². The van der Waals surface area contributed by atoms with Crippen LogP contribution in [-0.2, 0) is 9.59 Å². The van der Waals surface area contributed by atoms with Crippen molar-refractivity contribution in [2.45, 2.75) is 19.9 Å². The molecule has 2 aromatic carbocycles. The fourth-order valence-electron chi connectivity index (χ4n) is 3.92. The number of hydrogen-bond donors (Lipinski definition) is 2. The van der Waals surface area contributed by atoms with E-state index >= 15 is 0 Å². The third kappa shape index (κ3) is 5.26. The summed E-state index contributed by atoms with van der Waals surface area (Å²) in [6.45, 7) is 10.6. The topological polar surface area (TPSA) is 90.3 Å². The predicted molar refractivity (Wildman–Crippen MR) is 127 cm³/mol. The second kappa shape index (κ2) is 10.8. The summed E-state index contributed by atoms with van der Waals surface area (Å²) < 4.78 is 5.47. The molecule has 0 saturated carbocycles. The monoisotopic (exact) mass is 450 g/mol. The summed E-state index contributed by atoms with van der Waals surface area (Å²) in [6.07, 6.45) is 1.63. The van der Waals surface area contributed by atoms with Crippen molar-refractivity contribution in [3.05, 3.63) is 77.9 Å². The van der Waals surface area contributed by atoms with E-state index in [1.54, 1.807) is 42.5 Å². The van der Waals surface area contributed by atoms with Gasteiger partial charge in [-0.15, -0.1) is 0 Å². The number of nitrogens with zero attached hydrogens (tertiary/aromatic N) is 2. The number of ketones is 1. The van der Waals surface area contributed by atoms with Gasteiger partial charge in [-0.05, 0) is 55.1 Å². The summed E-state index contributed by atoms with van der Waals surface area (Å²) in [5.41, 5.74) is 1.08. The minimum Gasteiger partial charge on any atom is -0.508 e. The van der Waals surface area contributed by atoms with Crippen LogP contribution in [0.25, 0.3) is 5.76 Å². The number of likely N-dealkylation sites (N-methyl/N-ethyl adjacent to an activating group) is 1. The lowest BCUT2D eigenvalue weighted by atomic mass is 9.95. The molecule has 1 aliphatic rings. The molecule has 7 heteroatoms. The number of carbonyl (C=O) groups is 2. The molecule has 1 aliphatic heterocycles. The van der Waals surface area contributed by atoms with Gasteiger partial charge in [-0.2, -0.15) is 0 Å². The quantitative estimate of drug-likeness (QED) is 0.248. The molecule has 1 saturated heterocycles. The van der Waals surface area contributed by atoms with Crippen molar-refractivity contribution >= 4 is 17.4 Å². The molecule has 0 spiro atoms. The standard InChI is InChI=1S/C26H30N2O5/c1-4-17-33-21-13-9-19(10-14-21)24(30)22-23(18-7-11-20(29)12-8-18)28(26(32)25(22)31)16-15-27(5-2)6-3/h4,7-14,23,29-30H,1,5-6,15-17H2,2-3H3/b24-22-. The number of benzene rings is 2. The van der Waals surface area contributed by atoms with E-state index in [4.69, 9.17) is 4.74 Å². The fraction of sp³-hybridized carbons (Fsp3) is 0.308. The van der Waals surface area contributed by atoms with Crippen molar-refractivity contribution in [3.8, 4) is 11.5 Å². The normalized spacial score (nSPS) is 17.5. The molecule has 1 heterocycles. The van der Waals surface area contributed by atoms with Crippen molar-refractivity contribution in [1.29, 1.82) is 0 Å². The van der Waals surface area contributed by atoms with E-state index in [0.29, 0.717) is 36.6 Å².